The van der Waals surface area contributed by atoms with Crippen molar-refractivity contribution in [3.63, 3.8) is 0 Å². The summed E-state index contributed by atoms with van der Waals surface area (Å²) in [6.07, 6.45) is 6.65. The molecule has 1 aliphatic rings. The van der Waals surface area contributed by atoms with Gasteiger partial charge in [-0.2, -0.15) is 11.8 Å². The number of rotatable bonds is 6. The van der Waals surface area contributed by atoms with Gasteiger partial charge in [0.25, 0.3) is 0 Å². The van der Waals surface area contributed by atoms with Crippen LogP contribution in [0.3, 0.4) is 0 Å². The number of thioether (sulfide) groups is 1. The van der Waals surface area contributed by atoms with Gasteiger partial charge in [-0.05, 0) is 39.0 Å². The molecule has 5 nitrogen and oxygen atoms in total. The van der Waals surface area contributed by atoms with E-state index in [0.29, 0.717) is 10.9 Å². The molecule has 0 amide bonds. The minimum absolute atomic E-state index is 0.00461. The molecule has 1 fully saturated rings. The van der Waals surface area contributed by atoms with Crippen LogP contribution in [0.1, 0.15) is 44.8 Å². The SMILES string of the molecule is CSC1CCCC1NS(=O)(=O)c1cc(CO)n(C(C)C)c1. The van der Waals surface area contributed by atoms with Gasteiger partial charge in [-0.1, -0.05) is 6.42 Å². The molecule has 0 radical (unpaired) electrons. The number of aliphatic hydroxyl groups is 1. The molecule has 0 saturated heterocycles. The number of sulfonamides is 1. The first kappa shape index (κ1) is 16.9. The maximum absolute atomic E-state index is 12.5. The van der Waals surface area contributed by atoms with Crippen LogP contribution in [-0.4, -0.2) is 35.6 Å². The Morgan fingerprint density at radius 3 is 2.71 bits per heavy atom. The summed E-state index contributed by atoms with van der Waals surface area (Å²) >= 11 is 1.72. The summed E-state index contributed by atoms with van der Waals surface area (Å²) in [5.74, 6) is 0. The Bertz CT molecular complexity index is 581. The minimum atomic E-state index is -3.53. The molecule has 2 N–H and O–H groups in total. The normalized spacial score (nSPS) is 23.1. The Morgan fingerprint density at radius 1 is 1.48 bits per heavy atom. The Labute approximate surface area is 131 Å². The summed E-state index contributed by atoms with van der Waals surface area (Å²) in [6, 6.07) is 1.68. The number of hydrogen-bond acceptors (Lipinski definition) is 4. The lowest BCUT2D eigenvalue weighted by atomic mass is 10.3. The predicted octanol–water partition coefficient (Wildman–Crippen LogP) is 2.12. The Balaban J connectivity index is 2.23. The van der Waals surface area contributed by atoms with Crippen LogP contribution in [-0.2, 0) is 16.6 Å². The fourth-order valence-electron chi connectivity index (χ4n) is 2.86. The van der Waals surface area contributed by atoms with E-state index in [1.165, 1.54) is 0 Å². The molecule has 1 aromatic heterocycles. The van der Waals surface area contributed by atoms with Gasteiger partial charge < -0.3 is 9.67 Å². The first-order chi connectivity index (χ1) is 9.89. The van der Waals surface area contributed by atoms with Crippen molar-refractivity contribution < 1.29 is 13.5 Å². The molecule has 2 atom stereocenters. The van der Waals surface area contributed by atoms with E-state index in [1.807, 2.05) is 20.1 Å². The lowest BCUT2D eigenvalue weighted by molar-refractivity contribution is 0.268. The molecule has 1 aliphatic carbocycles. The largest absolute Gasteiger partial charge is 0.390 e. The second-order valence-electron chi connectivity index (χ2n) is 5.76. The van der Waals surface area contributed by atoms with Gasteiger partial charge >= 0.3 is 0 Å². The number of nitrogens with zero attached hydrogens (tertiary/aromatic N) is 1. The highest BCUT2D eigenvalue weighted by Crippen LogP contribution is 2.30. The molecule has 0 spiro atoms. The standard InChI is InChI=1S/C14H24N2O3S2/c1-10(2)16-8-12(7-11(16)9-17)21(18,19)15-13-5-4-6-14(13)20-3/h7-8,10,13-15,17H,4-6,9H2,1-3H3. The van der Waals surface area contributed by atoms with Crippen LogP contribution >= 0.6 is 11.8 Å². The summed E-state index contributed by atoms with van der Waals surface area (Å²) in [5, 5.41) is 9.72. The monoisotopic (exact) mass is 332 g/mol. The highest BCUT2D eigenvalue weighted by atomic mass is 32.2. The third-order valence-electron chi connectivity index (χ3n) is 4.00. The third kappa shape index (κ3) is 3.64. The van der Waals surface area contributed by atoms with Crippen LogP contribution in [0.5, 0.6) is 0 Å². The summed E-state index contributed by atoms with van der Waals surface area (Å²) < 4.78 is 29.7. The molecular formula is C14H24N2O3S2. The zero-order valence-corrected chi connectivity index (χ0v) is 14.4. The molecule has 2 unspecified atom stereocenters. The van der Waals surface area contributed by atoms with Gasteiger partial charge in [0.2, 0.25) is 10.0 Å². The molecular weight excluding hydrogens is 308 g/mol. The van der Waals surface area contributed by atoms with Gasteiger partial charge in [-0.15, -0.1) is 0 Å². The van der Waals surface area contributed by atoms with Gasteiger partial charge in [0.05, 0.1) is 11.5 Å². The number of hydrogen-bond donors (Lipinski definition) is 2. The first-order valence-corrected chi connectivity index (χ1v) is 10.0. The highest BCUT2D eigenvalue weighted by Gasteiger charge is 2.31. The smallest absolute Gasteiger partial charge is 0.242 e. The van der Waals surface area contributed by atoms with E-state index in [9.17, 15) is 13.5 Å². The van der Waals surface area contributed by atoms with Crippen molar-refractivity contribution in [3.05, 3.63) is 18.0 Å². The van der Waals surface area contributed by atoms with E-state index in [-0.39, 0.29) is 23.6 Å². The fourth-order valence-corrected chi connectivity index (χ4v) is 5.24. The average Bonchev–Trinajstić information content (AvgIpc) is 3.03. The molecule has 120 valence electrons. The predicted molar refractivity (Wildman–Crippen MR) is 86.0 cm³/mol. The van der Waals surface area contributed by atoms with Crippen molar-refractivity contribution >= 4 is 21.8 Å². The molecule has 1 heterocycles. The summed E-state index contributed by atoms with van der Waals surface area (Å²) in [5.41, 5.74) is 0.623. The third-order valence-corrected chi connectivity index (χ3v) is 6.62. The fraction of sp³-hybridized carbons (Fsp3) is 0.714. The molecule has 1 aromatic rings. The lowest BCUT2D eigenvalue weighted by Gasteiger charge is -2.18. The van der Waals surface area contributed by atoms with Crippen molar-refractivity contribution in [1.82, 2.24) is 9.29 Å². The van der Waals surface area contributed by atoms with E-state index >= 15 is 0 Å². The maximum Gasteiger partial charge on any atom is 0.242 e. The van der Waals surface area contributed by atoms with Gasteiger partial charge in [-0.25, -0.2) is 13.1 Å². The Hall–Kier alpha value is -0.500. The molecule has 1 saturated carbocycles. The second-order valence-corrected chi connectivity index (χ2v) is 8.55. The second kappa shape index (κ2) is 6.73. The molecule has 21 heavy (non-hydrogen) atoms. The molecule has 0 bridgehead atoms. The maximum atomic E-state index is 12.5. The van der Waals surface area contributed by atoms with Crippen LogP contribution in [0.2, 0.25) is 0 Å². The van der Waals surface area contributed by atoms with E-state index in [1.54, 1.807) is 28.6 Å². The zero-order chi connectivity index (χ0) is 15.6. The van der Waals surface area contributed by atoms with Gasteiger partial charge in [0.15, 0.2) is 0 Å². The van der Waals surface area contributed by atoms with Crippen LogP contribution in [0, 0.1) is 0 Å². The van der Waals surface area contributed by atoms with Gasteiger partial charge in [0, 0.05) is 29.2 Å². The molecule has 7 heteroatoms. The van der Waals surface area contributed by atoms with Crippen LogP contribution < -0.4 is 4.72 Å². The zero-order valence-electron chi connectivity index (χ0n) is 12.7. The molecule has 0 aromatic carbocycles. The summed E-state index contributed by atoms with van der Waals surface area (Å²) in [7, 11) is -3.53. The van der Waals surface area contributed by atoms with Crippen molar-refractivity contribution in [3.8, 4) is 0 Å². The van der Waals surface area contributed by atoms with Crippen LogP contribution in [0.25, 0.3) is 0 Å². The Morgan fingerprint density at radius 2 is 2.19 bits per heavy atom. The van der Waals surface area contributed by atoms with Gasteiger partial charge in [0.1, 0.15) is 0 Å². The summed E-state index contributed by atoms with van der Waals surface area (Å²) in [6.45, 7) is 3.76. The van der Waals surface area contributed by atoms with E-state index in [0.717, 1.165) is 19.3 Å². The van der Waals surface area contributed by atoms with Gasteiger partial charge in [-0.3, -0.25) is 0 Å². The number of nitrogens with one attached hydrogen (secondary N) is 1. The molecule has 2 rings (SSSR count). The first-order valence-electron chi connectivity index (χ1n) is 7.25. The summed E-state index contributed by atoms with van der Waals surface area (Å²) in [4.78, 5) is 0.243. The topological polar surface area (TPSA) is 71.3 Å². The van der Waals surface area contributed by atoms with Crippen molar-refractivity contribution in [1.29, 1.82) is 0 Å². The van der Waals surface area contributed by atoms with Crippen LogP contribution in [0.4, 0.5) is 0 Å². The van der Waals surface area contributed by atoms with E-state index < -0.39 is 10.0 Å². The number of aliphatic hydroxyl groups excluding tert-OH is 1. The number of aromatic nitrogens is 1. The highest BCUT2D eigenvalue weighted by molar-refractivity contribution is 7.99. The Kier molecular flexibility index (Phi) is 5.40. The quantitative estimate of drug-likeness (QED) is 0.837. The van der Waals surface area contributed by atoms with E-state index in [2.05, 4.69) is 4.72 Å². The van der Waals surface area contributed by atoms with Crippen LogP contribution in [0.15, 0.2) is 17.2 Å². The average molecular weight is 332 g/mol. The van der Waals surface area contributed by atoms with Crippen molar-refractivity contribution in [2.45, 2.75) is 61.9 Å². The van der Waals surface area contributed by atoms with E-state index in [4.69, 9.17) is 0 Å². The lowest BCUT2D eigenvalue weighted by Crippen LogP contribution is -2.38. The molecule has 0 aliphatic heterocycles. The van der Waals surface area contributed by atoms with Crippen molar-refractivity contribution in [2.75, 3.05) is 6.26 Å². The minimum Gasteiger partial charge on any atom is -0.390 e. The van der Waals surface area contributed by atoms with Crippen molar-refractivity contribution in [2.24, 2.45) is 0 Å².